The van der Waals surface area contributed by atoms with Crippen molar-refractivity contribution in [1.29, 1.82) is 0 Å². The fourth-order valence-electron chi connectivity index (χ4n) is 2.72. The van der Waals surface area contributed by atoms with Crippen molar-refractivity contribution in [2.75, 3.05) is 19.6 Å². The molecule has 2 heterocycles. The third kappa shape index (κ3) is 5.25. The van der Waals surface area contributed by atoms with Crippen molar-refractivity contribution in [3.63, 3.8) is 0 Å². The van der Waals surface area contributed by atoms with E-state index in [1.54, 1.807) is 0 Å². The van der Waals surface area contributed by atoms with Crippen LogP contribution < -0.4 is 16.5 Å². The molecule has 5 heteroatoms. The van der Waals surface area contributed by atoms with E-state index < -0.39 is 0 Å². The first-order valence-electron chi connectivity index (χ1n) is 6.97. The molecule has 0 spiro atoms. The van der Waals surface area contributed by atoms with Gasteiger partial charge in [-0.3, -0.25) is 0 Å². The Morgan fingerprint density at radius 3 is 2.71 bits per heavy atom. The minimum absolute atomic E-state index is 0.682. The molecule has 2 fully saturated rings. The molecule has 0 aromatic heterocycles. The van der Waals surface area contributed by atoms with Gasteiger partial charge in [0.25, 0.3) is 0 Å². The Morgan fingerprint density at radius 1 is 0.941 bits per heavy atom. The molecule has 3 N–H and O–H groups in total. The third-order valence-electron chi connectivity index (χ3n) is 3.87. The van der Waals surface area contributed by atoms with E-state index in [0.29, 0.717) is 4.82 Å². The van der Waals surface area contributed by atoms with Gasteiger partial charge in [0.05, 0.1) is 0 Å². The normalized spacial score (nSPS) is 37.6. The predicted octanol–water partition coefficient (Wildman–Crippen LogP) is 1.51. The summed E-state index contributed by atoms with van der Waals surface area (Å²) in [5.74, 6) is 0.914. The van der Waals surface area contributed by atoms with Crippen LogP contribution in [0.25, 0.3) is 0 Å². The number of nitrogens with zero attached hydrogens (tertiary/aromatic N) is 1. The number of nitrogens with one attached hydrogen (secondary N) is 3. The fourth-order valence-corrected chi connectivity index (χ4v) is 3.12. The standard InChI is InChI=1S/C12H25N4.Mn/c1-2-4-10-16-11-8-12(6-3-1)7-5-9-13-14-15-16;/h2,12-15H,1,3-11H2;. The van der Waals surface area contributed by atoms with Crippen molar-refractivity contribution in [1.82, 2.24) is 21.5 Å². The van der Waals surface area contributed by atoms with E-state index in [4.69, 9.17) is 0 Å². The van der Waals surface area contributed by atoms with Crippen LogP contribution in [0.3, 0.4) is 0 Å². The average Bonchev–Trinajstić information content (AvgIpc) is 2.35. The molecule has 2 bridgehead atoms. The molecule has 0 aromatic carbocycles. The van der Waals surface area contributed by atoms with Gasteiger partial charge in [-0.1, -0.05) is 0 Å². The van der Waals surface area contributed by atoms with E-state index in [2.05, 4.69) is 37.5 Å². The summed E-state index contributed by atoms with van der Waals surface area (Å²) in [4.78, 5) is 0.682. The fraction of sp³-hybridized carbons (Fsp3) is 1.00. The summed E-state index contributed by atoms with van der Waals surface area (Å²) in [6.07, 6.45) is 9.33. The molecule has 2 saturated heterocycles. The molecule has 0 amide bonds. The van der Waals surface area contributed by atoms with Gasteiger partial charge in [0.1, 0.15) is 0 Å². The second-order valence-electron chi connectivity index (χ2n) is 5.26. The first-order chi connectivity index (χ1) is 8.34. The van der Waals surface area contributed by atoms with Crippen LogP contribution in [-0.2, 0) is 16.0 Å². The first-order valence-corrected chi connectivity index (χ1v) is 7.65. The molecule has 0 radical (unpaired) electrons. The maximum atomic E-state index is 3.79. The maximum absolute atomic E-state index is 3.79. The van der Waals surface area contributed by atoms with E-state index in [9.17, 15) is 0 Å². The van der Waals surface area contributed by atoms with Crippen molar-refractivity contribution in [2.24, 2.45) is 5.92 Å². The number of hydrogen-bond acceptors (Lipinski definition) is 4. The topological polar surface area (TPSA) is 39.3 Å². The molecule has 4 nitrogen and oxygen atoms in total. The van der Waals surface area contributed by atoms with Crippen molar-refractivity contribution in [3.05, 3.63) is 0 Å². The zero-order valence-electron chi connectivity index (χ0n) is 10.6. The molecule has 2 aliphatic heterocycles. The molecule has 2 aliphatic rings. The number of hydrazine groups is 3. The van der Waals surface area contributed by atoms with Crippen LogP contribution in [0.1, 0.15) is 44.9 Å². The van der Waals surface area contributed by atoms with E-state index in [1.165, 1.54) is 44.9 Å². The predicted molar refractivity (Wildman–Crippen MR) is 65.4 cm³/mol. The van der Waals surface area contributed by atoms with Gasteiger partial charge in [0.15, 0.2) is 0 Å². The van der Waals surface area contributed by atoms with Crippen molar-refractivity contribution in [3.8, 4) is 0 Å². The second kappa shape index (κ2) is 7.72. The van der Waals surface area contributed by atoms with Crippen LogP contribution in [0.4, 0.5) is 0 Å². The van der Waals surface area contributed by atoms with Crippen LogP contribution >= 0.6 is 0 Å². The second-order valence-corrected chi connectivity index (χ2v) is 6.23. The van der Waals surface area contributed by atoms with Crippen molar-refractivity contribution < 1.29 is 16.0 Å². The van der Waals surface area contributed by atoms with Crippen molar-refractivity contribution in [2.45, 2.75) is 49.8 Å². The van der Waals surface area contributed by atoms with Crippen LogP contribution in [0.2, 0.25) is 4.82 Å². The first kappa shape index (κ1) is 13.8. The van der Waals surface area contributed by atoms with E-state index in [0.717, 1.165) is 25.6 Å². The zero-order chi connectivity index (χ0) is 11.9. The summed E-state index contributed by atoms with van der Waals surface area (Å²) in [5, 5.41) is 2.31. The third-order valence-corrected chi connectivity index (χ3v) is 4.55. The monoisotopic (exact) mass is 280 g/mol. The van der Waals surface area contributed by atoms with Gasteiger partial charge in [0.2, 0.25) is 0 Å². The van der Waals surface area contributed by atoms with Crippen LogP contribution in [-0.4, -0.2) is 24.6 Å². The summed E-state index contributed by atoms with van der Waals surface area (Å²) in [6.45, 7) is 3.31. The summed E-state index contributed by atoms with van der Waals surface area (Å²) < 4.78 is 0. The van der Waals surface area contributed by atoms with E-state index >= 15 is 0 Å². The zero-order valence-corrected chi connectivity index (χ0v) is 11.7. The van der Waals surface area contributed by atoms with E-state index in [-0.39, 0.29) is 0 Å². The molecule has 100 valence electrons. The molecule has 0 aliphatic carbocycles. The Balaban J connectivity index is 1.92. The minimum atomic E-state index is 0.682. The van der Waals surface area contributed by atoms with Crippen LogP contribution in [0.15, 0.2) is 0 Å². The number of rotatable bonds is 0. The molecular weight excluding hydrogens is 255 g/mol. The Bertz CT molecular complexity index is 215. The van der Waals surface area contributed by atoms with Crippen LogP contribution in [0.5, 0.6) is 0 Å². The molecule has 3 atom stereocenters. The molecule has 3 unspecified atom stereocenters. The number of hydrogen-bond donors (Lipinski definition) is 3. The molecular formula is C12H25MnN4. The van der Waals surface area contributed by atoms with Gasteiger partial charge in [-0.2, -0.15) is 0 Å². The summed E-state index contributed by atoms with van der Waals surface area (Å²) in [5.41, 5.74) is 9.58. The van der Waals surface area contributed by atoms with Gasteiger partial charge in [-0.15, -0.1) is 0 Å². The summed E-state index contributed by atoms with van der Waals surface area (Å²) >= 11 is 3.79. The molecule has 17 heavy (non-hydrogen) atoms. The van der Waals surface area contributed by atoms with Gasteiger partial charge in [-0.25, -0.2) is 0 Å². The SMILES string of the molecule is [Mn][CH]1CCCC2CCCNNNN(CC1)CC2. The summed E-state index contributed by atoms with van der Waals surface area (Å²) in [7, 11) is 0. The van der Waals surface area contributed by atoms with Crippen LogP contribution in [0, 0.1) is 5.92 Å². The molecule has 0 aromatic rings. The van der Waals surface area contributed by atoms with Crippen molar-refractivity contribution >= 4 is 0 Å². The summed E-state index contributed by atoms with van der Waals surface area (Å²) in [6, 6.07) is 0. The quantitative estimate of drug-likeness (QED) is 0.588. The Hall–Kier alpha value is 0.359. The molecule has 2 rings (SSSR count). The Morgan fingerprint density at radius 2 is 1.76 bits per heavy atom. The van der Waals surface area contributed by atoms with Gasteiger partial charge < -0.3 is 0 Å². The average molecular weight is 280 g/mol. The Labute approximate surface area is 113 Å². The van der Waals surface area contributed by atoms with Gasteiger partial charge >= 0.3 is 113 Å². The van der Waals surface area contributed by atoms with Gasteiger partial charge in [-0.05, 0) is 0 Å². The number of fused-ring (bicyclic) bond motifs is 3. The van der Waals surface area contributed by atoms with Gasteiger partial charge in [0, 0.05) is 0 Å². The van der Waals surface area contributed by atoms with E-state index in [1.807, 2.05) is 0 Å². The Kier molecular flexibility index (Phi) is 6.26. The molecule has 0 saturated carbocycles.